The molecule has 0 aliphatic carbocycles. The van der Waals surface area contributed by atoms with Crippen LogP contribution in [0.25, 0.3) is 22.2 Å². The molecule has 4 N–H and O–H groups in total. The van der Waals surface area contributed by atoms with Gasteiger partial charge in [0.2, 0.25) is 0 Å². The first-order valence-corrected chi connectivity index (χ1v) is 10.9. The van der Waals surface area contributed by atoms with Crippen LogP contribution in [0.3, 0.4) is 0 Å². The molecular weight excluding hydrogens is 437 g/mol. The van der Waals surface area contributed by atoms with E-state index < -0.39 is 0 Å². The molecular formula is C25H28FN5O3. The minimum Gasteiger partial charge on any atom is -0.490 e. The topological polar surface area (TPSA) is 123 Å². The summed E-state index contributed by atoms with van der Waals surface area (Å²) in [4.78, 5) is 17.4. The van der Waals surface area contributed by atoms with Gasteiger partial charge < -0.3 is 26.0 Å². The third-order valence-electron chi connectivity index (χ3n) is 5.24. The molecule has 0 saturated heterocycles. The third-order valence-corrected chi connectivity index (χ3v) is 5.24. The van der Waals surface area contributed by atoms with Crippen molar-refractivity contribution in [3.05, 3.63) is 59.9 Å². The summed E-state index contributed by atoms with van der Waals surface area (Å²) in [5.74, 6) is 5.21. The molecule has 178 valence electrons. The zero-order valence-electron chi connectivity index (χ0n) is 19.2. The van der Waals surface area contributed by atoms with Crippen molar-refractivity contribution in [2.24, 2.45) is 10.9 Å². The highest BCUT2D eigenvalue weighted by Gasteiger charge is 2.13. The first kappa shape index (κ1) is 24.8. The molecule has 0 fully saturated rings. The smallest absolute Gasteiger partial charge is 0.251 e. The van der Waals surface area contributed by atoms with Crippen LogP contribution in [0.15, 0.2) is 53.6 Å². The highest BCUT2D eigenvalue weighted by atomic mass is 19.1. The van der Waals surface area contributed by atoms with Crippen molar-refractivity contribution in [1.29, 1.82) is 5.41 Å². The van der Waals surface area contributed by atoms with Gasteiger partial charge in [-0.3, -0.25) is 4.79 Å². The fourth-order valence-electron chi connectivity index (χ4n) is 3.29. The van der Waals surface area contributed by atoms with Gasteiger partial charge in [0.1, 0.15) is 18.2 Å². The number of amides is 1. The van der Waals surface area contributed by atoms with Crippen LogP contribution < -0.4 is 15.9 Å². The van der Waals surface area contributed by atoms with Crippen molar-refractivity contribution in [2.75, 3.05) is 26.9 Å². The molecule has 1 heterocycles. The molecule has 0 aliphatic heterocycles. The number of nitrogens with zero attached hydrogens (tertiary/aromatic N) is 2. The van der Waals surface area contributed by atoms with Crippen molar-refractivity contribution in [2.45, 2.75) is 19.8 Å². The maximum absolute atomic E-state index is 13.4. The molecule has 0 aliphatic rings. The quantitative estimate of drug-likeness (QED) is 0.171. The number of rotatable bonds is 11. The van der Waals surface area contributed by atoms with Crippen LogP contribution in [0.1, 0.15) is 30.1 Å². The number of halogens is 1. The molecule has 34 heavy (non-hydrogen) atoms. The van der Waals surface area contributed by atoms with Gasteiger partial charge in [0, 0.05) is 36.2 Å². The molecule has 2 aromatic carbocycles. The Hall–Kier alpha value is -3.85. The van der Waals surface area contributed by atoms with E-state index in [4.69, 9.17) is 20.7 Å². The fourth-order valence-corrected chi connectivity index (χ4v) is 3.29. The van der Waals surface area contributed by atoms with Crippen LogP contribution in [-0.2, 0) is 4.74 Å². The van der Waals surface area contributed by atoms with Crippen LogP contribution >= 0.6 is 0 Å². The van der Waals surface area contributed by atoms with E-state index in [0.717, 1.165) is 10.9 Å². The Balaban J connectivity index is 1.82. The van der Waals surface area contributed by atoms with E-state index in [9.17, 15) is 9.18 Å². The second-order valence-corrected chi connectivity index (χ2v) is 7.64. The molecule has 8 nitrogen and oxygen atoms in total. The number of hydrogen-bond acceptors (Lipinski definition) is 7. The second-order valence-electron chi connectivity index (χ2n) is 7.64. The Bertz CT molecular complexity index is 1200. The first-order chi connectivity index (χ1) is 16.4. The molecule has 3 rings (SSSR count). The minimum absolute atomic E-state index is 0.242. The Labute approximate surface area is 197 Å². The van der Waals surface area contributed by atoms with Crippen LogP contribution in [-0.4, -0.2) is 49.2 Å². The summed E-state index contributed by atoms with van der Waals surface area (Å²) in [6.07, 6.45) is 1.06. The number of hydrazone groups is 1. The number of nitrogens with two attached hydrogens (primary N) is 1. The van der Waals surface area contributed by atoms with Crippen LogP contribution in [0.4, 0.5) is 4.39 Å². The van der Waals surface area contributed by atoms with Gasteiger partial charge in [-0.25, -0.2) is 9.37 Å². The number of fused-ring (bicyclic) bond motifs is 1. The van der Waals surface area contributed by atoms with E-state index in [2.05, 4.69) is 15.4 Å². The van der Waals surface area contributed by atoms with Crippen LogP contribution in [0, 0.1) is 11.2 Å². The summed E-state index contributed by atoms with van der Waals surface area (Å²) in [5, 5.41) is 15.0. The summed E-state index contributed by atoms with van der Waals surface area (Å²) in [6.45, 7) is 2.86. The van der Waals surface area contributed by atoms with Gasteiger partial charge in [-0.2, -0.15) is 5.10 Å². The predicted octanol–water partition coefficient (Wildman–Crippen LogP) is 3.93. The van der Waals surface area contributed by atoms with E-state index in [1.807, 2.05) is 0 Å². The molecule has 3 aromatic rings. The molecule has 0 atom stereocenters. The van der Waals surface area contributed by atoms with Gasteiger partial charge in [0.25, 0.3) is 5.91 Å². The van der Waals surface area contributed by atoms with Gasteiger partial charge in [-0.1, -0.05) is 0 Å². The Morgan fingerprint density at radius 1 is 1.18 bits per heavy atom. The lowest BCUT2D eigenvalue weighted by Gasteiger charge is -2.13. The van der Waals surface area contributed by atoms with Crippen LogP contribution in [0.2, 0.25) is 0 Å². The Morgan fingerprint density at radius 2 is 1.94 bits per heavy atom. The van der Waals surface area contributed by atoms with E-state index in [1.54, 1.807) is 50.4 Å². The maximum Gasteiger partial charge on any atom is 0.251 e. The van der Waals surface area contributed by atoms with E-state index in [1.165, 1.54) is 12.1 Å². The summed E-state index contributed by atoms with van der Waals surface area (Å²) in [5.41, 5.74) is 3.20. The second kappa shape index (κ2) is 11.9. The number of carbonyl (C=O) groups is 1. The van der Waals surface area contributed by atoms with Gasteiger partial charge in [-0.15, -0.1) is 0 Å². The van der Waals surface area contributed by atoms with E-state index in [-0.39, 0.29) is 11.7 Å². The zero-order chi connectivity index (χ0) is 24.5. The average molecular weight is 466 g/mol. The van der Waals surface area contributed by atoms with Crippen molar-refractivity contribution >= 4 is 28.2 Å². The fraction of sp³-hybridized carbons (Fsp3) is 0.280. The number of pyridine rings is 1. The van der Waals surface area contributed by atoms with E-state index in [0.29, 0.717) is 66.5 Å². The Morgan fingerprint density at radius 3 is 2.65 bits per heavy atom. The van der Waals surface area contributed by atoms with Crippen molar-refractivity contribution in [3.8, 4) is 17.0 Å². The summed E-state index contributed by atoms with van der Waals surface area (Å²) >= 11 is 0. The van der Waals surface area contributed by atoms with Gasteiger partial charge in [-0.05, 0) is 62.2 Å². The third kappa shape index (κ3) is 6.35. The first-order valence-electron chi connectivity index (χ1n) is 10.9. The van der Waals surface area contributed by atoms with Gasteiger partial charge >= 0.3 is 0 Å². The predicted molar refractivity (Wildman–Crippen MR) is 131 cm³/mol. The molecule has 0 saturated carbocycles. The summed E-state index contributed by atoms with van der Waals surface area (Å²) < 4.78 is 24.4. The highest BCUT2D eigenvalue weighted by Crippen LogP contribution is 2.31. The van der Waals surface area contributed by atoms with Gasteiger partial charge in [0.15, 0.2) is 0 Å². The number of benzene rings is 2. The maximum atomic E-state index is 13.4. The minimum atomic E-state index is -0.333. The lowest BCUT2D eigenvalue weighted by Crippen LogP contribution is -2.25. The number of hydrogen-bond donors (Lipinski definition) is 3. The lowest BCUT2D eigenvalue weighted by molar-refractivity contribution is 0.0953. The largest absolute Gasteiger partial charge is 0.490 e. The molecule has 1 aromatic heterocycles. The monoisotopic (exact) mass is 465 g/mol. The SMILES string of the molecule is COCCOc1cc(-c2ccc(F)cc2)nc2cc(C(=O)NCCCC(=N)/C(C)=N\N)ccc12. The molecule has 1 amide bonds. The number of ether oxygens (including phenoxy) is 2. The van der Waals surface area contributed by atoms with Crippen molar-refractivity contribution < 1.29 is 18.7 Å². The van der Waals surface area contributed by atoms with Crippen LogP contribution in [0.5, 0.6) is 5.75 Å². The zero-order valence-corrected chi connectivity index (χ0v) is 19.2. The molecule has 0 radical (unpaired) electrons. The van der Waals surface area contributed by atoms with Crippen molar-refractivity contribution in [1.82, 2.24) is 10.3 Å². The lowest BCUT2D eigenvalue weighted by atomic mass is 10.1. The summed E-state index contributed by atoms with van der Waals surface area (Å²) in [6, 6.07) is 13.0. The highest BCUT2D eigenvalue weighted by molar-refractivity contribution is 6.40. The van der Waals surface area contributed by atoms with Gasteiger partial charge in [0.05, 0.1) is 29.2 Å². The summed E-state index contributed by atoms with van der Waals surface area (Å²) in [7, 11) is 1.60. The van der Waals surface area contributed by atoms with Crippen molar-refractivity contribution in [3.63, 3.8) is 0 Å². The normalized spacial score (nSPS) is 11.4. The number of methoxy groups -OCH3 is 1. The average Bonchev–Trinajstić information content (AvgIpc) is 2.85. The molecule has 0 spiro atoms. The number of aromatic nitrogens is 1. The van der Waals surface area contributed by atoms with E-state index >= 15 is 0 Å². The number of nitrogens with one attached hydrogen (secondary N) is 2. The standard InChI is InChI=1S/C25H28FN5O3/c1-16(31-28)21(27)4-3-11-29-25(32)18-7-10-20-23(14-18)30-22(15-24(20)34-13-12-33-2)17-5-8-19(26)9-6-17/h5-10,14-15,27H,3-4,11-13,28H2,1-2H3,(H,29,32)/b27-21?,31-16-. The molecule has 9 heteroatoms. The molecule has 0 bridgehead atoms. The number of carbonyl (C=O) groups excluding carboxylic acids is 1. The molecule has 0 unspecified atom stereocenters. The Kier molecular flexibility index (Phi) is 8.64.